The molecule has 0 bridgehead atoms. The number of anilines is 3. The number of benzene rings is 8. The summed E-state index contributed by atoms with van der Waals surface area (Å²) in [6.45, 7) is 0. The van der Waals surface area contributed by atoms with Crippen molar-refractivity contribution < 1.29 is 4.42 Å². The molecule has 4 heteroatoms. The lowest BCUT2D eigenvalue weighted by atomic mass is 9.99. The first-order valence-electron chi connectivity index (χ1n) is 17.5. The van der Waals surface area contributed by atoms with Gasteiger partial charge in [-0.15, -0.1) is 22.7 Å². The number of rotatable bonds is 5. The van der Waals surface area contributed by atoms with Crippen LogP contribution >= 0.6 is 22.7 Å². The van der Waals surface area contributed by atoms with Crippen LogP contribution in [-0.4, -0.2) is 0 Å². The molecule has 3 aromatic heterocycles. The zero-order chi connectivity index (χ0) is 34.2. The van der Waals surface area contributed by atoms with Gasteiger partial charge in [-0.05, 0) is 89.0 Å². The van der Waals surface area contributed by atoms with Gasteiger partial charge in [-0.2, -0.15) is 0 Å². The molecule has 0 fully saturated rings. The van der Waals surface area contributed by atoms with E-state index < -0.39 is 0 Å². The number of furan rings is 1. The van der Waals surface area contributed by atoms with Crippen molar-refractivity contribution in [3.8, 4) is 22.3 Å². The largest absolute Gasteiger partial charge is 0.456 e. The smallest absolute Gasteiger partial charge is 0.137 e. The fraction of sp³-hybridized carbons (Fsp3) is 0. The summed E-state index contributed by atoms with van der Waals surface area (Å²) in [5.41, 5.74) is 9.88. The minimum Gasteiger partial charge on any atom is -0.456 e. The highest BCUT2D eigenvalue weighted by Crippen LogP contribution is 2.43. The highest BCUT2D eigenvalue weighted by atomic mass is 32.1. The van der Waals surface area contributed by atoms with Crippen molar-refractivity contribution in [2.24, 2.45) is 0 Å². The van der Waals surface area contributed by atoms with Crippen molar-refractivity contribution in [2.75, 3.05) is 4.90 Å². The Balaban J connectivity index is 1.02. The van der Waals surface area contributed by atoms with Crippen LogP contribution in [0.5, 0.6) is 0 Å². The monoisotopic (exact) mass is 699 g/mol. The topological polar surface area (TPSA) is 16.4 Å². The summed E-state index contributed by atoms with van der Waals surface area (Å²) < 4.78 is 11.6. The Morgan fingerprint density at radius 2 is 0.904 bits per heavy atom. The molecule has 52 heavy (non-hydrogen) atoms. The van der Waals surface area contributed by atoms with E-state index in [1.807, 2.05) is 34.8 Å². The van der Waals surface area contributed by atoms with Gasteiger partial charge in [-0.25, -0.2) is 0 Å². The molecule has 2 nitrogen and oxygen atoms in total. The Labute approximate surface area is 308 Å². The maximum Gasteiger partial charge on any atom is 0.137 e. The van der Waals surface area contributed by atoms with E-state index in [1.165, 1.54) is 62.6 Å². The molecule has 0 aliphatic carbocycles. The van der Waals surface area contributed by atoms with Gasteiger partial charge in [0.15, 0.2) is 0 Å². The predicted molar refractivity (Wildman–Crippen MR) is 225 cm³/mol. The van der Waals surface area contributed by atoms with Crippen molar-refractivity contribution in [1.29, 1.82) is 0 Å². The minimum atomic E-state index is 0.879. The number of hydrogen-bond donors (Lipinski definition) is 0. The van der Waals surface area contributed by atoms with Crippen LogP contribution in [0, 0.1) is 0 Å². The molecule has 0 aliphatic rings. The van der Waals surface area contributed by atoms with Crippen LogP contribution in [0.1, 0.15) is 0 Å². The van der Waals surface area contributed by atoms with Gasteiger partial charge in [-0.1, -0.05) is 103 Å². The van der Waals surface area contributed by atoms with E-state index in [0.717, 1.165) is 39.0 Å². The van der Waals surface area contributed by atoms with E-state index in [-0.39, 0.29) is 0 Å². The molecule has 3 heterocycles. The normalized spacial score (nSPS) is 11.8. The van der Waals surface area contributed by atoms with Crippen LogP contribution < -0.4 is 4.90 Å². The van der Waals surface area contributed by atoms with Crippen molar-refractivity contribution >= 4 is 102 Å². The van der Waals surface area contributed by atoms with Crippen LogP contribution in [0.15, 0.2) is 180 Å². The second-order valence-corrected chi connectivity index (χ2v) is 15.5. The van der Waals surface area contributed by atoms with E-state index in [0.29, 0.717) is 0 Å². The van der Waals surface area contributed by atoms with Crippen LogP contribution in [0.25, 0.3) is 84.5 Å². The molecule has 0 amide bonds. The Morgan fingerprint density at radius 1 is 0.346 bits per heavy atom. The summed E-state index contributed by atoms with van der Waals surface area (Å²) in [5, 5.41) is 7.54. The van der Waals surface area contributed by atoms with Gasteiger partial charge in [0.05, 0.1) is 0 Å². The van der Waals surface area contributed by atoms with Gasteiger partial charge >= 0.3 is 0 Å². The second-order valence-electron chi connectivity index (χ2n) is 13.3. The Bertz CT molecular complexity index is 3130. The number of thiophene rings is 2. The van der Waals surface area contributed by atoms with E-state index >= 15 is 0 Å². The number of nitrogens with zero attached hydrogens (tertiary/aromatic N) is 1. The number of fused-ring (bicyclic) bond motifs is 9. The van der Waals surface area contributed by atoms with Gasteiger partial charge < -0.3 is 9.32 Å². The van der Waals surface area contributed by atoms with Gasteiger partial charge in [0, 0.05) is 74.2 Å². The van der Waals surface area contributed by atoms with Crippen LogP contribution in [-0.2, 0) is 0 Å². The fourth-order valence-corrected chi connectivity index (χ4v) is 10.1. The van der Waals surface area contributed by atoms with Gasteiger partial charge in [0.1, 0.15) is 11.2 Å². The quantitative estimate of drug-likeness (QED) is 0.178. The van der Waals surface area contributed by atoms with E-state index in [9.17, 15) is 0 Å². The third kappa shape index (κ3) is 4.69. The molecule has 0 radical (unpaired) electrons. The predicted octanol–water partition coefficient (Wildman–Crippen LogP) is 15.1. The highest BCUT2D eigenvalue weighted by molar-refractivity contribution is 7.26. The zero-order valence-corrected chi connectivity index (χ0v) is 29.5. The standard InChI is InChI=1S/C48H29NOS2/c1-4-12-42-37(8-1)38-27-25-35(29-43(38)50-42)49(33-21-16-30(17-22-33)32-20-26-40-39-9-2-5-13-44(39)52-47(40)28-32)34-23-18-31(19-24-34)36-11-7-15-46-48(36)41-10-3-6-14-45(41)51-46/h1-29H. The first kappa shape index (κ1) is 29.5. The van der Waals surface area contributed by atoms with Crippen LogP contribution in [0.2, 0.25) is 0 Å². The molecule has 0 unspecified atom stereocenters. The molecule has 0 atom stereocenters. The maximum absolute atomic E-state index is 6.37. The SMILES string of the molecule is c1ccc2c(c1)oc1cc(N(c3ccc(-c4ccc5c(c4)sc4ccccc45)cc3)c3ccc(-c4cccc5sc6ccccc6c45)cc3)ccc12. The molecule has 11 aromatic rings. The lowest BCUT2D eigenvalue weighted by Crippen LogP contribution is -2.09. The zero-order valence-electron chi connectivity index (χ0n) is 27.9. The van der Waals surface area contributed by atoms with Crippen molar-refractivity contribution in [1.82, 2.24) is 0 Å². The lowest BCUT2D eigenvalue weighted by molar-refractivity contribution is 0.669. The van der Waals surface area contributed by atoms with Gasteiger partial charge in [0.25, 0.3) is 0 Å². The van der Waals surface area contributed by atoms with Crippen LogP contribution in [0.4, 0.5) is 17.1 Å². The first-order chi connectivity index (χ1) is 25.7. The van der Waals surface area contributed by atoms with Crippen molar-refractivity contribution in [3.63, 3.8) is 0 Å². The number of hydrogen-bond acceptors (Lipinski definition) is 4. The summed E-state index contributed by atoms with van der Waals surface area (Å²) in [6.07, 6.45) is 0. The second kappa shape index (κ2) is 11.7. The molecule has 244 valence electrons. The lowest BCUT2D eigenvalue weighted by Gasteiger charge is -2.26. The van der Waals surface area contributed by atoms with Gasteiger partial charge in [-0.3, -0.25) is 0 Å². The summed E-state index contributed by atoms with van der Waals surface area (Å²) in [6, 6.07) is 63.7. The molecule has 0 aliphatic heterocycles. The average Bonchev–Trinajstić information content (AvgIpc) is 3.89. The molecule has 8 aromatic carbocycles. The maximum atomic E-state index is 6.37. The Morgan fingerprint density at radius 3 is 1.71 bits per heavy atom. The summed E-state index contributed by atoms with van der Waals surface area (Å²) >= 11 is 3.72. The molecular weight excluding hydrogens is 671 g/mol. The summed E-state index contributed by atoms with van der Waals surface area (Å²) in [5.74, 6) is 0. The fourth-order valence-electron chi connectivity index (χ4n) is 7.81. The number of para-hydroxylation sites is 1. The highest BCUT2D eigenvalue weighted by Gasteiger charge is 2.17. The van der Waals surface area contributed by atoms with Crippen molar-refractivity contribution in [2.45, 2.75) is 0 Å². The molecule has 11 rings (SSSR count). The molecule has 0 saturated carbocycles. The molecule has 0 saturated heterocycles. The molecular formula is C48H29NOS2. The van der Waals surface area contributed by atoms with E-state index in [2.05, 4.69) is 169 Å². The van der Waals surface area contributed by atoms with E-state index in [1.54, 1.807) is 0 Å². The minimum absolute atomic E-state index is 0.879. The Kier molecular flexibility index (Phi) is 6.63. The third-order valence-electron chi connectivity index (χ3n) is 10.3. The summed E-state index contributed by atoms with van der Waals surface area (Å²) in [7, 11) is 0. The van der Waals surface area contributed by atoms with Gasteiger partial charge in [0.2, 0.25) is 0 Å². The first-order valence-corrected chi connectivity index (χ1v) is 19.1. The van der Waals surface area contributed by atoms with Crippen molar-refractivity contribution in [3.05, 3.63) is 176 Å². The summed E-state index contributed by atoms with van der Waals surface area (Å²) in [4.78, 5) is 2.33. The van der Waals surface area contributed by atoms with E-state index in [4.69, 9.17) is 4.42 Å². The molecule has 0 N–H and O–H groups in total. The van der Waals surface area contributed by atoms with Crippen LogP contribution in [0.3, 0.4) is 0 Å². The Hall–Kier alpha value is -6.20. The molecule has 0 spiro atoms. The average molecular weight is 700 g/mol. The third-order valence-corrected chi connectivity index (χ3v) is 12.6.